The van der Waals surface area contributed by atoms with E-state index in [1.54, 1.807) is 0 Å². The Labute approximate surface area is 147 Å². The highest BCUT2D eigenvalue weighted by Crippen LogP contribution is 2.10. The summed E-state index contributed by atoms with van der Waals surface area (Å²) in [4.78, 5) is 0. The molecule has 0 aromatic carbocycles. The Morgan fingerprint density at radius 1 is 0.565 bits per heavy atom. The Balaban J connectivity index is 3.08. The van der Waals surface area contributed by atoms with E-state index in [1.165, 1.54) is 89.9 Å². The van der Waals surface area contributed by atoms with Crippen molar-refractivity contribution in [2.75, 3.05) is 5.75 Å². The number of unbranched alkanes of at least 4 members (excludes halogenated alkanes) is 14. The molecule has 0 aliphatic carbocycles. The smallest absolute Gasteiger partial charge is 0.140 e. The van der Waals surface area contributed by atoms with Crippen molar-refractivity contribution in [3.63, 3.8) is 0 Å². The molecule has 2 nitrogen and oxygen atoms in total. The molecule has 0 bridgehead atoms. The summed E-state index contributed by atoms with van der Waals surface area (Å²) in [5, 5.41) is 0. The second kappa shape index (κ2) is 19.7. The molecule has 0 heterocycles. The summed E-state index contributed by atoms with van der Waals surface area (Å²) < 4.78 is 20.8. The Morgan fingerprint density at radius 3 is 1.39 bits per heavy atom. The fourth-order valence-corrected chi connectivity index (χ4v) is 3.32. The molecule has 0 N–H and O–H groups in total. The first-order valence-corrected chi connectivity index (χ1v) is 11.4. The number of hydrogen-bond acceptors (Lipinski definition) is 2. The van der Waals surface area contributed by atoms with Crippen molar-refractivity contribution in [2.24, 2.45) is 0 Å². The highest BCUT2D eigenvalue weighted by atomic mass is 32.2. The van der Waals surface area contributed by atoms with Crippen LogP contribution in [-0.2, 0) is 10.7 Å². The molecule has 0 unspecified atom stereocenters. The molecule has 0 rings (SSSR count). The van der Waals surface area contributed by atoms with E-state index in [2.05, 4.69) is 19.1 Å². The lowest BCUT2D eigenvalue weighted by Crippen LogP contribution is -1.87. The van der Waals surface area contributed by atoms with Gasteiger partial charge in [-0.15, -0.1) is 0 Å². The second-order valence-electron chi connectivity index (χ2n) is 6.70. The van der Waals surface area contributed by atoms with Gasteiger partial charge in [0.15, 0.2) is 0 Å². The van der Waals surface area contributed by atoms with Crippen molar-refractivity contribution in [1.29, 1.82) is 0 Å². The van der Waals surface area contributed by atoms with Gasteiger partial charge in [-0.05, 0) is 32.1 Å². The Hall–Kier alpha value is -0.310. The van der Waals surface area contributed by atoms with Gasteiger partial charge < -0.3 is 0 Å². The first kappa shape index (κ1) is 22.7. The molecule has 0 saturated carbocycles. The average Bonchev–Trinajstić information content (AvgIpc) is 2.53. The van der Waals surface area contributed by atoms with Gasteiger partial charge in [-0.25, -0.2) is 8.42 Å². The first-order valence-electron chi connectivity index (χ1n) is 10.0. The molecule has 0 atom stereocenters. The number of thiol groups is 1. The molecule has 0 fully saturated rings. The minimum atomic E-state index is -2.15. The molecule has 0 amide bonds. The van der Waals surface area contributed by atoms with Crippen molar-refractivity contribution in [2.45, 2.75) is 110 Å². The minimum absolute atomic E-state index is 0.374. The van der Waals surface area contributed by atoms with Gasteiger partial charge in [0, 0.05) is 5.75 Å². The SMILES string of the molecule is CCCCCCCCCC=CCCCCCCCCC[SH](=O)=O. The predicted molar refractivity (Wildman–Crippen MR) is 104 cm³/mol. The molecule has 0 radical (unpaired) electrons. The van der Waals surface area contributed by atoms with Crippen molar-refractivity contribution in [1.82, 2.24) is 0 Å². The normalized spacial score (nSPS) is 11.7. The molecule has 3 heteroatoms. The highest BCUT2D eigenvalue weighted by Gasteiger charge is 1.93. The lowest BCUT2D eigenvalue weighted by atomic mass is 10.1. The van der Waals surface area contributed by atoms with Crippen LogP contribution in [0.4, 0.5) is 0 Å². The zero-order valence-corrected chi connectivity index (χ0v) is 16.3. The van der Waals surface area contributed by atoms with Crippen LogP contribution in [0, 0.1) is 0 Å². The number of rotatable bonds is 18. The Morgan fingerprint density at radius 2 is 0.957 bits per heavy atom. The Kier molecular flexibility index (Phi) is 19.5. The maximum atomic E-state index is 10.4. The number of allylic oxidation sites excluding steroid dienone is 2. The van der Waals surface area contributed by atoms with Gasteiger partial charge in [-0.3, -0.25) is 0 Å². The van der Waals surface area contributed by atoms with Crippen molar-refractivity contribution in [3.05, 3.63) is 12.2 Å². The summed E-state index contributed by atoms with van der Waals surface area (Å²) in [5.41, 5.74) is 0. The van der Waals surface area contributed by atoms with E-state index in [0.717, 1.165) is 12.8 Å². The first-order chi connectivity index (χ1) is 11.3. The van der Waals surface area contributed by atoms with E-state index in [9.17, 15) is 8.42 Å². The third-order valence-corrected chi connectivity index (χ3v) is 5.03. The third-order valence-electron chi connectivity index (χ3n) is 4.35. The van der Waals surface area contributed by atoms with Gasteiger partial charge in [0.1, 0.15) is 10.7 Å². The highest BCUT2D eigenvalue weighted by molar-refractivity contribution is 7.72. The molecule has 138 valence electrons. The molecule has 23 heavy (non-hydrogen) atoms. The Bertz CT molecular complexity index is 314. The van der Waals surface area contributed by atoms with Crippen LogP contribution in [0.1, 0.15) is 110 Å². The summed E-state index contributed by atoms with van der Waals surface area (Å²) in [6.45, 7) is 2.27. The molecule has 0 aromatic rings. The molecule has 0 saturated heterocycles. The van der Waals surface area contributed by atoms with Crippen molar-refractivity contribution in [3.8, 4) is 0 Å². The van der Waals surface area contributed by atoms with E-state index in [0.29, 0.717) is 5.75 Å². The van der Waals surface area contributed by atoms with Crippen LogP contribution in [0.3, 0.4) is 0 Å². The molecule has 0 aliphatic rings. The fourth-order valence-electron chi connectivity index (χ4n) is 2.84. The van der Waals surface area contributed by atoms with Gasteiger partial charge in [0.25, 0.3) is 0 Å². The molecule has 0 aromatic heterocycles. The topological polar surface area (TPSA) is 34.1 Å². The van der Waals surface area contributed by atoms with Gasteiger partial charge in [0.2, 0.25) is 0 Å². The summed E-state index contributed by atoms with van der Waals surface area (Å²) in [6, 6.07) is 0. The summed E-state index contributed by atoms with van der Waals surface area (Å²) >= 11 is 0. The molecule has 0 aliphatic heterocycles. The van der Waals surface area contributed by atoms with Gasteiger partial charge >= 0.3 is 0 Å². The molecular weight excluding hydrogens is 304 g/mol. The van der Waals surface area contributed by atoms with E-state index < -0.39 is 10.7 Å². The van der Waals surface area contributed by atoms with E-state index in [-0.39, 0.29) is 0 Å². The average molecular weight is 345 g/mol. The van der Waals surface area contributed by atoms with Crippen LogP contribution in [0.25, 0.3) is 0 Å². The van der Waals surface area contributed by atoms with Crippen LogP contribution in [0.5, 0.6) is 0 Å². The van der Waals surface area contributed by atoms with Crippen molar-refractivity contribution < 1.29 is 8.42 Å². The zero-order valence-electron chi connectivity index (χ0n) is 15.4. The van der Waals surface area contributed by atoms with E-state index >= 15 is 0 Å². The largest absolute Gasteiger partial charge is 0.232 e. The van der Waals surface area contributed by atoms with Gasteiger partial charge in [0.05, 0.1) is 0 Å². The van der Waals surface area contributed by atoms with Crippen LogP contribution < -0.4 is 0 Å². The minimum Gasteiger partial charge on any atom is -0.232 e. The van der Waals surface area contributed by atoms with Crippen LogP contribution >= 0.6 is 0 Å². The van der Waals surface area contributed by atoms with Gasteiger partial charge in [-0.2, -0.15) is 0 Å². The number of hydrogen-bond donors (Lipinski definition) is 1. The monoisotopic (exact) mass is 344 g/mol. The van der Waals surface area contributed by atoms with Crippen LogP contribution in [0.15, 0.2) is 12.2 Å². The maximum Gasteiger partial charge on any atom is 0.140 e. The second-order valence-corrected chi connectivity index (χ2v) is 7.81. The molecular formula is C20H40O2S. The summed E-state index contributed by atoms with van der Waals surface area (Å²) in [5.74, 6) is 0.374. The standard InChI is InChI=1S/C20H40O2S/c1-2-3-4-5-6-7-8-9-10-11-12-13-14-15-16-17-18-19-20-23(21)22/h10-11,23H,2-9,12-20H2,1H3. The lowest BCUT2D eigenvalue weighted by Gasteiger charge is -2.00. The summed E-state index contributed by atoms with van der Waals surface area (Å²) in [6.07, 6.45) is 25.3. The maximum absolute atomic E-state index is 10.4. The van der Waals surface area contributed by atoms with Crippen molar-refractivity contribution >= 4 is 10.7 Å². The van der Waals surface area contributed by atoms with E-state index in [4.69, 9.17) is 0 Å². The van der Waals surface area contributed by atoms with Crippen LogP contribution in [0.2, 0.25) is 0 Å². The fraction of sp³-hybridized carbons (Fsp3) is 0.900. The third kappa shape index (κ3) is 21.7. The quantitative estimate of drug-likeness (QED) is 0.177. The summed E-state index contributed by atoms with van der Waals surface area (Å²) in [7, 11) is -2.15. The van der Waals surface area contributed by atoms with E-state index in [1.807, 2.05) is 0 Å². The zero-order chi connectivity index (χ0) is 17.0. The van der Waals surface area contributed by atoms with Crippen LogP contribution in [-0.4, -0.2) is 14.2 Å². The lowest BCUT2D eigenvalue weighted by molar-refractivity contribution is 0.583. The van der Waals surface area contributed by atoms with Gasteiger partial charge in [-0.1, -0.05) is 89.7 Å². The predicted octanol–water partition coefficient (Wildman–Crippen LogP) is 6.42. The molecule has 0 spiro atoms.